The molecule has 1 heterocycles. The van der Waals surface area contributed by atoms with Crippen molar-refractivity contribution in [2.24, 2.45) is 0 Å². The summed E-state index contributed by atoms with van der Waals surface area (Å²) >= 11 is 3.47. The van der Waals surface area contributed by atoms with E-state index >= 15 is 0 Å². The Morgan fingerprint density at radius 3 is 2.67 bits per heavy atom. The van der Waals surface area contributed by atoms with Crippen LogP contribution in [0.25, 0.3) is 0 Å². The summed E-state index contributed by atoms with van der Waals surface area (Å²) in [6.07, 6.45) is 4.79. The van der Waals surface area contributed by atoms with Gasteiger partial charge in [-0.2, -0.15) is 0 Å². The van der Waals surface area contributed by atoms with Crippen LogP contribution < -0.4 is 0 Å². The molecule has 0 N–H and O–H groups in total. The number of hydrogen-bond donors (Lipinski definition) is 0. The van der Waals surface area contributed by atoms with Crippen molar-refractivity contribution in [3.05, 3.63) is 11.6 Å². The molecular formula is C13H24BrN3O. The van der Waals surface area contributed by atoms with Gasteiger partial charge in [0, 0.05) is 19.6 Å². The molecule has 0 radical (unpaired) electrons. The molecule has 0 bridgehead atoms. The van der Waals surface area contributed by atoms with Gasteiger partial charge >= 0.3 is 0 Å². The fourth-order valence-corrected chi connectivity index (χ4v) is 2.56. The fourth-order valence-electron chi connectivity index (χ4n) is 2.14. The Morgan fingerprint density at radius 2 is 2.11 bits per heavy atom. The summed E-state index contributed by atoms with van der Waals surface area (Å²) < 4.78 is 7.38. The van der Waals surface area contributed by atoms with E-state index in [1.165, 1.54) is 19.3 Å². The van der Waals surface area contributed by atoms with E-state index in [4.69, 9.17) is 4.74 Å². The molecule has 0 spiro atoms. The summed E-state index contributed by atoms with van der Waals surface area (Å²) in [5, 5.41) is 9.41. The molecule has 18 heavy (non-hydrogen) atoms. The highest BCUT2D eigenvalue weighted by molar-refractivity contribution is 9.08. The van der Waals surface area contributed by atoms with Gasteiger partial charge in [0.05, 0.1) is 11.9 Å². The van der Waals surface area contributed by atoms with Gasteiger partial charge in [-0.05, 0) is 12.8 Å². The Balaban J connectivity index is 2.86. The number of hydrogen-bond acceptors (Lipinski definition) is 3. The molecular weight excluding hydrogens is 294 g/mol. The second-order valence-corrected chi connectivity index (χ2v) is 5.06. The average molecular weight is 318 g/mol. The van der Waals surface area contributed by atoms with Crippen LogP contribution >= 0.6 is 15.9 Å². The zero-order valence-corrected chi connectivity index (χ0v) is 13.2. The van der Waals surface area contributed by atoms with Crippen molar-refractivity contribution in [2.45, 2.75) is 57.3 Å². The highest BCUT2D eigenvalue weighted by atomic mass is 79.9. The first-order valence-electron chi connectivity index (χ1n) is 6.75. The number of nitrogens with zero attached hydrogens (tertiary/aromatic N) is 3. The molecule has 5 heteroatoms. The summed E-state index contributed by atoms with van der Waals surface area (Å²) in [7, 11) is 1.73. The average Bonchev–Trinajstić information content (AvgIpc) is 2.80. The van der Waals surface area contributed by atoms with E-state index in [1.54, 1.807) is 7.11 Å². The Kier molecular flexibility index (Phi) is 7.51. The maximum atomic E-state index is 5.17. The van der Waals surface area contributed by atoms with Crippen LogP contribution in [0.5, 0.6) is 0 Å². The lowest BCUT2D eigenvalue weighted by molar-refractivity contribution is 0.185. The zero-order valence-electron chi connectivity index (χ0n) is 11.7. The Morgan fingerprint density at radius 1 is 1.33 bits per heavy atom. The quantitative estimate of drug-likeness (QED) is 0.654. The van der Waals surface area contributed by atoms with E-state index in [0.717, 1.165) is 29.9 Å². The Bertz CT molecular complexity index is 341. The van der Waals surface area contributed by atoms with Crippen LogP contribution in [0.3, 0.4) is 0 Å². The molecule has 0 fully saturated rings. The van der Waals surface area contributed by atoms with Crippen molar-refractivity contribution in [3.63, 3.8) is 0 Å². The van der Waals surface area contributed by atoms with Crippen molar-refractivity contribution in [2.75, 3.05) is 13.7 Å². The summed E-state index contributed by atoms with van der Waals surface area (Å²) in [4.78, 5) is 0. The molecule has 0 aliphatic rings. The predicted octanol–water partition coefficient (Wildman–Crippen LogP) is 3.50. The monoisotopic (exact) mass is 317 g/mol. The summed E-state index contributed by atoms with van der Waals surface area (Å²) in [5.74, 6) is 2.64. The number of aromatic nitrogens is 3. The lowest BCUT2D eigenvalue weighted by Crippen LogP contribution is -2.14. The van der Waals surface area contributed by atoms with Crippen molar-refractivity contribution in [1.82, 2.24) is 14.8 Å². The lowest BCUT2D eigenvalue weighted by Gasteiger charge is -2.16. The van der Waals surface area contributed by atoms with Gasteiger partial charge in [0.1, 0.15) is 11.6 Å². The first-order valence-corrected chi connectivity index (χ1v) is 7.87. The third kappa shape index (κ3) is 4.05. The van der Waals surface area contributed by atoms with Crippen LogP contribution in [0, 0.1) is 0 Å². The maximum absolute atomic E-state index is 5.17. The molecule has 4 nitrogen and oxygen atoms in total. The highest BCUT2D eigenvalue weighted by Gasteiger charge is 2.18. The zero-order chi connectivity index (χ0) is 13.4. The van der Waals surface area contributed by atoms with Crippen LogP contribution in [0.4, 0.5) is 0 Å². The Labute approximate surface area is 118 Å². The van der Waals surface area contributed by atoms with Gasteiger partial charge in [-0.15, -0.1) is 10.2 Å². The minimum Gasteiger partial charge on any atom is -0.383 e. The fraction of sp³-hybridized carbons (Fsp3) is 0.846. The van der Waals surface area contributed by atoms with Gasteiger partial charge in [0.2, 0.25) is 0 Å². The maximum Gasteiger partial charge on any atom is 0.143 e. The second kappa shape index (κ2) is 8.64. The van der Waals surface area contributed by atoms with Gasteiger partial charge in [-0.3, -0.25) is 0 Å². The summed E-state index contributed by atoms with van der Waals surface area (Å²) in [6.45, 7) is 5.99. The predicted molar refractivity (Wildman–Crippen MR) is 77.1 cm³/mol. The van der Waals surface area contributed by atoms with Crippen molar-refractivity contribution < 1.29 is 4.74 Å². The van der Waals surface area contributed by atoms with E-state index in [1.807, 2.05) is 0 Å². The van der Waals surface area contributed by atoms with Crippen LogP contribution in [0.15, 0.2) is 0 Å². The molecule has 0 saturated carbocycles. The van der Waals surface area contributed by atoms with E-state index in [9.17, 15) is 0 Å². The number of methoxy groups -OCH3 is 1. The molecule has 0 saturated heterocycles. The molecule has 0 aliphatic heterocycles. The normalized spacial score (nSPS) is 12.9. The number of rotatable bonds is 9. The van der Waals surface area contributed by atoms with Crippen LogP contribution in [-0.2, 0) is 16.6 Å². The van der Waals surface area contributed by atoms with E-state index < -0.39 is 0 Å². The van der Waals surface area contributed by atoms with Gasteiger partial charge in [0.15, 0.2) is 0 Å². The van der Waals surface area contributed by atoms with Crippen LogP contribution in [0.1, 0.15) is 57.1 Å². The van der Waals surface area contributed by atoms with Crippen molar-refractivity contribution in [1.29, 1.82) is 0 Å². The SMILES string of the molecule is CCCCC(CC)c1nnc(CBr)n1CCOC. The number of halogens is 1. The van der Waals surface area contributed by atoms with Crippen molar-refractivity contribution in [3.8, 4) is 0 Å². The molecule has 1 aromatic rings. The van der Waals surface area contributed by atoms with Gasteiger partial charge in [0.25, 0.3) is 0 Å². The second-order valence-electron chi connectivity index (χ2n) is 4.50. The van der Waals surface area contributed by atoms with Crippen LogP contribution in [-0.4, -0.2) is 28.5 Å². The first-order chi connectivity index (χ1) is 8.78. The van der Waals surface area contributed by atoms with E-state index in [0.29, 0.717) is 12.5 Å². The van der Waals surface area contributed by atoms with Gasteiger partial charge in [-0.25, -0.2) is 0 Å². The minimum absolute atomic E-state index is 0.516. The topological polar surface area (TPSA) is 39.9 Å². The molecule has 0 aromatic carbocycles. The Hall–Kier alpha value is -0.420. The molecule has 1 aromatic heterocycles. The van der Waals surface area contributed by atoms with E-state index in [2.05, 4.69) is 44.5 Å². The molecule has 1 rings (SSSR count). The third-order valence-corrected chi connectivity index (χ3v) is 3.76. The summed E-state index contributed by atoms with van der Waals surface area (Å²) in [6, 6.07) is 0. The standard InChI is InChI=1S/C13H24BrN3O/c1-4-6-7-11(5-2)13-16-15-12(10-14)17(13)8-9-18-3/h11H,4-10H2,1-3H3. The highest BCUT2D eigenvalue weighted by Crippen LogP contribution is 2.25. The number of alkyl halides is 1. The third-order valence-electron chi connectivity index (χ3n) is 3.26. The largest absolute Gasteiger partial charge is 0.383 e. The van der Waals surface area contributed by atoms with Crippen molar-refractivity contribution >= 4 is 15.9 Å². The smallest absolute Gasteiger partial charge is 0.143 e. The molecule has 1 unspecified atom stereocenters. The van der Waals surface area contributed by atoms with Gasteiger partial charge in [-0.1, -0.05) is 42.6 Å². The van der Waals surface area contributed by atoms with Gasteiger partial charge < -0.3 is 9.30 Å². The molecule has 0 amide bonds. The number of ether oxygens (including phenoxy) is 1. The lowest BCUT2D eigenvalue weighted by atomic mass is 9.98. The molecule has 104 valence electrons. The number of unbranched alkanes of at least 4 members (excludes halogenated alkanes) is 1. The first kappa shape index (κ1) is 15.6. The van der Waals surface area contributed by atoms with Crippen LogP contribution in [0.2, 0.25) is 0 Å². The molecule has 1 atom stereocenters. The summed E-state index contributed by atoms with van der Waals surface area (Å²) in [5.41, 5.74) is 0. The minimum atomic E-state index is 0.516. The van der Waals surface area contributed by atoms with E-state index in [-0.39, 0.29) is 0 Å². The molecule has 0 aliphatic carbocycles.